The number of nitrogens with one attached hydrogen (secondary N) is 1. The molecule has 154 valence electrons. The molecule has 0 spiro atoms. The number of benzene rings is 1. The highest BCUT2D eigenvalue weighted by Crippen LogP contribution is 2.31. The van der Waals surface area contributed by atoms with Crippen LogP contribution in [0.4, 0.5) is 0 Å². The molecule has 0 saturated carbocycles. The van der Waals surface area contributed by atoms with Gasteiger partial charge in [-0.2, -0.15) is 15.1 Å². The molecule has 3 heterocycles. The lowest BCUT2D eigenvalue weighted by Gasteiger charge is -2.20. The molecular weight excluding hydrogens is 418 g/mol. The number of amidine groups is 2. The van der Waals surface area contributed by atoms with Gasteiger partial charge in [0.25, 0.3) is 5.91 Å². The summed E-state index contributed by atoms with van der Waals surface area (Å²) in [4.78, 5) is 16.9. The van der Waals surface area contributed by atoms with Gasteiger partial charge in [-0.15, -0.1) is 0 Å². The lowest BCUT2D eigenvalue weighted by Crippen LogP contribution is -2.35. The molecule has 0 unspecified atom stereocenters. The Kier molecular flexibility index (Phi) is 5.66. The number of aliphatic imine (C=N–C) groups is 1. The van der Waals surface area contributed by atoms with Gasteiger partial charge >= 0.3 is 0 Å². The molecule has 2 aromatic rings. The SMILES string of the molecule is CCCCC1=NN2C(=N)/C(=C/c3cc(C)n(-c4ccc(Cl)cc4)c3C)C(=O)N=C2S1. The number of carbonyl (C=O) groups excluding carboxylic acids is 1. The highest BCUT2D eigenvalue weighted by molar-refractivity contribution is 8.26. The van der Waals surface area contributed by atoms with Gasteiger partial charge in [0.05, 0.1) is 5.57 Å². The lowest BCUT2D eigenvalue weighted by atomic mass is 10.1. The average molecular weight is 440 g/mol. The summed E-state index contributed by atoms with van der Waals surface area (Å²) in [6.07, 6.45) is 4.66. The number of hydrogen-bond acceptors (Lipinski definition) is 4. The smallest absolute Gasteiger partial charge is 0.283 e. The van der Waals surface area contributed by atoms with Crippen LogP contribution in [0.15, 0.2) is 46.0 Å². The number of aromatic nitrogens is 1. The number of aryl methyl sites for hydroxylation is 1. The van der Waals surface area contributed by atoms with E-state index in [1.165, 1.54) is 16.8 Å². The summed E-state index contributed by atoms with van der Waals surface area (Å²) in [5.74, 6) is -0.331. The number of carbonyl (C=O) groups is 1. The van der Waals surface area contributed by atoms with Crippen LogP contribution in [0.2, 0.25) is 5.02 Å². The summed E-state index contributed by atoms with van der Waals surface area (Å²) in [6.45, 7) is 6.12. The van der Waals surface area contributed by atoms with Crippen LogP contribution in [0, 0.1) is 19.3 Å². The number of hydrazone groups is 1. The van der Waals surface area contributed by atoms with Crippen molar-refractivity contribution in [1.29, 1.82) is 5.41 Å². The van der Waals surface area contributed by atoms with Crippen molar-refractivity contribution in [3.63, 3.8) is 0 Å². The predicted octanol–water partition coefficient (Wildman–Crippen LogP) is 5.56. The standard InChI is InChI=1S/C22H22ClN5OS/c1-4-5-6-19-26-28-20(24)18(21(29)25-22(28)30-19)12-15-11-13(2)27(14(15)3)17-9-7-16(23)8-10-17/h7-12,24H,4-6H2,1-3H3/b18-12-,24-20?. The monoisotopic (exact) mass is 439 g/mol. The van der Waals surface area contributed by atoms with E-state index in [9.17, 15) is 4.79 Å². The van der Waals surface area contributed by atoms with Gasteiger partial charge in [0.2, 0.25) is 5.17 Å². The fourth-order valence-corrected chi connectivity index (χ4v) is 4.59. The van der Waals surface area contributed by atoms with Crippen LogP contribution in [0.3, 0.4) is 0 Å². The second kappa shape index (κ2) is 8.24. The first-order chi connectivity index (χ1) is 14.4. The van der Waals surface area contributed by atoms with Gasteiger partial charge < -0.3 is 4.57 Å². The maximum absolute atomic E-state index is 12.7. The Bertz CT molecular complexity index is 1130. The van der Waals surface area contributed by atoms with E-state index in [4.69, 9.17) is 17.0 Å². The second-order valence-electron chi connectivity index (χ2n) is 7.26. The summed E-state index contributed by atoms with van der Waals surface area (Å²) in [5, 5.41) is 16.6. The highest BCUT2D eigenvalue weighted by atomic mass is 35.5. The average Bonchev–Trinajstić information content (AvgIpc) is 3.24. The molecule has 2 aliphatic heterocycles. The van der Waals surface area contributed by atoms with Crippen LogP contribution in [0.25, 0.3) is 11.8 Å². The first-order valence-corrected chi connectivity index (χ1v) is 11.0. The van der Waals surface area contributed by atoms with E-state index in [1.54, 1.807) is 6.08 Å². The number of fused-ring (bicyclic) bond motifs is 1. The largest absolute Gasteiger partial charge is 0.318 e. The summed E-state index contributed by atoms with van der Waals surface area (Å²) in [5.41, 5.74) is 4.11. The van der Waals surface area contributed by atoms with Crippen molar-refractivity contribution in [2.75, 3.05) is 0 Å². The van der Waals surface area contributed by atoms with Crippen LogP contribution in [0.5, 0.6) is 0 Å². The molecule has 1 aromatic carbocycles. The third kappa shape index (κ3) is 3.75. The zero-order valence-corrected chi connectivity index (χ0v) is 18.6. The third-order valence-corrected chi connectivity index (χ3v) is 6.32. The van der Waals surface area contributed by atoms with Crippen molar-refractivity contribution in [3.8, 4) is 5.69 Å². The molecule has 30 heavy (non-hydrogen) atoms. The van der Waals surface area contributed by atoms with E-state index in [0.29, 0.717) is 10.2 Å². The van der Waals surface area contributed by atoms with E-state index in [2.05, 4.69) is 21.6 Å². The van der Waals surface area contributed by atoms with Gasteiger partial charge in [0.1, 0.15) is 5.04 Å². The first kappa shape index (κ1) is 20.6. The molecule has 2 aliphatic rings. The Morgan fingerprint density at radius 3 is 2.67 bits per heavy atom. The van der Waals surface area contributed by atoms with Gasteiger partial charge in [-0.05, 0) is 80.4 Å². The lowest BCUT2D eigenvalue weighted by molar-refractivity contribution is -0.114. The molecule has 1 aromatic heterocycles. The van der Waals surface area contributed by atoms with Crippen LogP contribution in [0.1, 0.15) is 43.1 Å². The molecule has 8 heteroatoms. The maximum atomic E-state index is 12.7. The van der Waals surface area contributed by atoms with E-state index < -0.39 is 5.91 Å². The normalized spacial score (nSPS) is 17.5. The van der Waals surface area contributed by atoms with Crippen LogP contribution in [-0.2, 0) is 4.79 Å². The number of amides is 1. The Balaban J connectivity index is 1.68. The molecule has 0 atom stereocenters. The molecule has 0 saturated heterocycles. The number of halogens is 1. The van der Waals surface area contributed by atoms with Gasteiger partial charge in [0.15, 0.2) is 5.84 Å². The van der Waals surface area contributed by atoms with Gasteiger partial charge in [-0.25, -0.2) is 0 Å². The maximum Gasteiger partial charge on any atom is 0.283 e. The quantitative estimate of drug-likeness (QED) is 0.620. The van der Waals surface area contributed by atoms with E-state index in [-0.39, 0.29) is 11.4 Å². The molecule has 0 radical (unpaired) electrons. The Hall–Kier alpha value is -2.64. The molecule has 4 rings (SSSR count). The van der Waals surface area contributed by atoms with Gasteiger partial charge in [-0.3, -0.25) is 10.2 Å². The fourth-order valence-electron chi connectivity index (χ4n) is 3.54. The van der Waals surface area contributed by atoms with E-state index >= 15 is 0 Å². The van der Waals surface area contributed by atoms with Gasteiger partial charge in [-0.1, -0.05) is 24.9 Å². The molecular formula is C22H22ClN5OS. The number of thioether (sulfide) groups is 1. The van der Waals surface area contributed by atoms with E-state index in [1.807, 2.05) is 44.2 Å². The zero-order chi connectivity index (χ0) is 21.4. The van der Waals surface area contributed by atoms with Crippen molar-refractivity contribution in [1.82, 2.24) is 9.58 Å². The Labute approximate surface area is 184 Å². The third-order valence-electron chi connectivity index (χ3n) is 5.10. The second-order valence-corrected chi connectivity index (χ2v) is 8.73. The van der Waals surface area contributed by atoms with Crippen molar-refractivity contribution >= 4 is 51.4 Å². The molecule has 0 fully saturated rings. The molecule has 6 nitrogen and oxygen atoms in total. The summed E-state index contributed by atoms with van der Waals surface area (Å²) < 4.78 is 2.10. The zero-order valence-electron chi connectivity index (χ0n) is 17.1. The van der Waals surface area contributed by atoms with Crippen molar-refractivity contribution < 1.29 is 4.79 Å². The summed E-state index contributed by atoms with van der Waals surface area (Å²) >= 11 is 7.40. The fraction of sp³-hybridized carbons (Fsp3) is 0.273. The first-order valence-electron chi connectivity index (χ1n) is 9.83. The van der Waals surface area contributed by atoms with Crippen LogP contribution >= 0.6 is 23.4 Å². The highest BCUT2D eigenvalue weighted by Gasteiger charge is 2.35. The summed E-state index contributed by atoms with van der Waals surface area (Å²) in [7, 11) is 0. The molecule has 0 bridgehead atoms. The number of unbranched alkanes of at least 4 members (excludes halogenated alkanes) is 1. The van der Waals surface area contributed by atoms with Gasteiger partial charge in [0, 0.05) is 22.1 Å². The molecule has 0 aliphatic carbocycles. The number of rotatable bonds is 5. The number of nitrogens with zero attached hydrogens (tertiary/aromatic N) is 4. The van der Waals surface area contributed by atoms with E-state index in [0.717, 1.165) is 46.9 Å². The topological polar surface area (TPSA) is 73.8 Å². The Morgan fingerprint density at radius 1 is 1.23 bits per heavy atom. The van der Waals surface area contributed by atoms with Crippen molar-refractivity contribution in [3.05, 3.63) is 57.9 Å². The minimum absolute atomic E-state index is 0.0697. The van der Waals surface area contributed by atoms with Crippen molar-refractivity contribution in [2.24, 2.45) is 10.1 Å². The van der Waals surface area contributed by atoms with Crippen LogP contribution in [-0.4, -0.2) is 31.5 Å². The molecule has 1 N–H and O–H groups in total. The predicted molar refractivity (Wildman–Crippen MR) is 125 cm³/mol. The number of hydrogen-bond donors (Lipinski definition) is 1. The van der Waals surface area contributed by atoms with Crippen LogP contribution < -0.4 is 0 Å². The molecule has 1 amide bonds. The Morgan fingerprint density at radius 2 is 1.97 bits per heavy atom. The summed E-state index contributed by atoms with van der Waals surface area (Å²) in [6, 6.07) is 9.62. The minimum Gasteiger partial charge on any atom is -0.318 e. The van der Waals surface area contributed by atoms with Crippen molar-refractivity contribution in [2.45, 2.75) is 40.0 Å². The minimum atomic E-state index is -0.401.